The summed E-state index contributed by atoms with van der Waals surface area (Å²) in [5, 5.41) is 3.95. The number of likely N-dealkylation sites (tertiary alicyclic amines) is 1. The van der Waals surface area contributed by atoms with Gasteiger partial charge in [-0.2, -0.15) is 0 Å². The molecule has 1 aliphatic rings. The molecule has 0 unspecified atom stereocenters. The minimum atomic E-state index is 0.0114. The average Bonchev–Trinajstić information content (AvgIpc) is 2.63. The maximum absolute atomic E-state index is 13.2. The van der Waals surface area contributed by atoms with Crippen LogP contribution in [0.1, 0.15) is 18.9 Å². The molecular weight excluding hydrogens is 314 g/mol. The largest absolute Gasteiger partial charge is 0.324 e. The Morgan fingerprint density at radius 2 is 2.08 bits per heavy atom. The number of nitrogens with zero attached hydrogens (tertiary/aromatic N) is 4. The van der Waals surface area contributed by atoms with Gasteiger partial charge in [-0.1, -0.05) is 12.1 Å². The Labute approximate surface area is 146 Å². The Bertz CT molecular complexity index is 937. The van der Waals surface area contributed by atoms with Gasteiger partial charge in [0.2, 0.25) is 5.95 Å². The molecule has 0 aliphatic carbocycles. The summed E-state index contributed by atoms with van der Waals surface area (Å²) < 4.78 is 1.82. The maximum Gasteiger partial charge on any atom is 0.263 e. The summed E-state index contributed by atoms with van der Waals surface area (Å²) in [6, 6.07) is 11.4. The van der Waals surface area contributed by atoms with E-state index >= 15 is 0 Å². The van der Waals surface area contributed by atoms with Crippen molar-refractivity contribution < 1.29 is 0 Å². The van der Waals surface area contributed by atoms with Crippen LogP contribution in [0, 0.1) is 0 Å². The summed E-state index contributed by atoms with van der Waals surface area (Å²) in [5.41, 5.74) is 1.54. The SMILES string of the molecule is CN1CCC[C@@H](n2c(Nc3cccnc3)nc3ccccc3c2=O)C1. The first-order valence-electron chi connectivity index (χ1n) is 8.59. The van der Waals surface area contributed by atoms with Gasteiger partial charge in [0.25, 0.3) is 5.56 Å². The van der Waals surface area contributed by atoms with Crippen molar-refractivity contribution >= 4 is 22.5 Å². The fraction of sp³-hybridized carbons (Fsp3) is 0.316. The summed E-state index contributed by atoms with van der Waals surface area (Å²) in [5.74, 6) is 0.581. The lowest BCUT2D eigenvalue weighted by atomic mass is 10.1. The van der Waals surface area contributed by atoms with Crippen LogP contribution in [0.3, 0.4) is 0 Å². The molecule has 1 fully saturated rings. The van der Waals surface area contributed by atoms with E-state index in [-0.39, 0.29) is 11.6 Å². The number of fused-ring (bicyclic) bond motifs is 1. The second kappa shape index (κ2) is 6.64. The molecule has 0 bridgehead atoms. The van der Waals surface area contributed by atoms with E-state index in [2.05, 4.69) is 22.2 Å². The van der Waals surface area contributed by atoms with E-state index in [1.807, 2.05) is 41.0 Å². The van der Waals surface area contributed by atoms with Crippen LogP contribution in [0.4, 0.5) is 11.6 Å². The summed E-state index contributed by atoms with van der Waals surface area (Å²) >= 11 is 0. The molecule has 2 aromatic heterocycles. The number of pyridine rings is 1. The number of para-hydroxylation sites is 1. The Morgan fingerprint density at radius 1 is 1.20 bits per heavy atom. The summed E-state index contributed by atoms with van der Waals surface area (Å²) in [6.45, 7) is 1.92. The fourth-order valence-corrected chi connectivity index (χ4v) is 3.49. The lowest BCUT2D eigenvalue weighted by Gasteiger charge is -2.32. The maximum atomic E-state index is 13.2. The highest BCUT2D eigenvalue weighted by molar-refractivity contribution is 5.79. The van der Waals surface area contributed by atoms with E-state index < -0.39 is 0 Å². The second-order valence-corrected chi connectivity index (χ2v) is 6.55. The zero-order valence-electron chi connectivity index (χ0n) is 14.2. The molecule has 0 saturated carbocycles. The van der Waals surface area contributed by atoms with E-state index in [0.717, 1.165) is 31.6 Å². The van der Waals surface area contributed by atoms with Crippen molar-refractivity contribution in [3.05, 3.63) is 59.1 Å². The molecule has 3 heterocycles. The highest BCUT2D eigenvalue weighted by atomic mass is 16.1. The molecule has 1 aliphatic heterocycles. The van der Waals surface area contributed by atoms with E-state index in [1.165, 1.54) is 0 Å². The minimum Gasteiger partial charge on any atom is -0.324 e. The lowest BCUT2D eigenvalue weighted by Crippen LogP contribution is -2.38. The zero-order chi connectivity index (χ0) is 17.2. The number of anilines is 2. The van der Waals surface area contributed by atoms with Gasteiger partial charge in [-0.05, 0) is 50.7 Å². The predicted molar refractivity (Wildman–Crippen MR) is 99.3 cm³/mol. The summed E-state index contributed by atoms with van der Waals surface area (Å²) in [7, 11) is 2.10. The smallest absolute Gasteiger partial charge is 0.263 e. The molecule has 4 rings (SSSR count). The Morgan fingerprint density at radius 3 is 2.88 bits per heavy atom. The normalized spacial score (nSPS) is 18.4. The van der Waals surface area contributed by atoms with Gasteiger partial charge in [-0.25, -0.2) is 4.98 Å². The first-order valence-corrected chi connectivity index (χ1v) is 8.59. The average molecular weight is 335 g/mol. The Kier molecular flexibility index (Phi) is 4.19. The van der Waals surface area contributed by atoms with Gasteiger partial charge in [-0.3, -0.25) is 14.3 Å². The Hall–Kier alpha value is -2.73. The quantitative estimate of drug-likeness (QED) is 0.797. The van der Waals surface area contributed by atoms with E-state index in [9.17, 15) is 4.79 Å². The van der Waals surface area contributed by atoms with Crippen molar-refractivity contribution in [1.29, 1.82) is 0 Å². The third kappa shape index (κ3) is 3.13. The summed E-state index contributed by atoms with van der Waals surface area (Å²) in [4.78, 5) is 24.3. The van der Waals surface area contributed by atoms with Gasteiger partial charge in [0.05, 0.1) is 28.8 Å². The summed E-state index contributed by atoms with van der Waals surface area (Å²) in [6.07, 6.45) is 5.51. The number of likely N-dealkylation sites (N-methyl/N-ethyl adjacent to an activating group) is 1. The van der Waals surface area contributed by atoms with Crippen molar-refractivity contribution in [3.8, 4) is 0 Å². The van der Waals surface area contributed by atoms with Crippen LogP contribution in [-0.4, -0.2) is 39.6 Å². The van der Waals surface area contributed by atoms with Crippen LogP contribution in [0.25, 0.3) is 10.9 Å². The lowest BCUT2D eigenvalue weighted by molar-refractivity contribution is 0.210. The molecule has 0 radical (unpaired) electrons. The van der Waals surface area contributed by atoms with E-state index in [1.54, 1.807) is 12.4 Å². The number of hydrogen-bond donors (Lipinski definition) is 1. The van der Waals surface area contributed by atoms with Crippen LogP contribution in [0.5, 0.6) is 0 Å². The highest BCUT2D eigenvalue weighted by Gasteiger charge is 2.24. The van der Waals surface area contributed by atoms with E-state index in [0.29, 0.717) is 16.9 Å². The van der Waals surface area contributed by atoms with Gasteiger partial charge in [0.15, 0.2) is 0 Å². The third-order valence-corrected chi connectivity index (χ3v) is 4.69. The van der Waals surface area contributed by atoms with Crippen LogP contribution in [-0.2, 0) is 0 Å². The van der Waals surface area contributed by atoms with Crippen LogP contribution < -0.4 is 10.9 Å². The number of benzene rings is 1. The molecular formula is C19H21N5O. The van der Waals surface area contributed by atoms with Crippen LogP contribution in [0.15, 0.2) is 53.6 Å². The monoisotopic (exact) mass is 335 g/mol. The van der Waals surface area contributed by atoms with Crippen LogP contribution in [0.2, 0.25) is 0 Å². The van der Waals surface area contributed by atoms with Crippen molar-refractivity contribution in [2.24, 2.45) is 0 Å². The first kappa shape index (κ1) is 15.8. The topological polar surface area (TPSA) is 63.1 Å². The number of nitrogens with one attached hydrogen (secondary N) is 1. The van der Waals surface area contributed by atoms with Crippen molar-refractivity contribution in [3.63, 3.8) is 0 Å². The predicted octanol–water partition coefficient (Wildman–Crippen LogP) is 2.80. The number of hydrogen-bond acceptors (Lipinski definition) is 5. The van der Waals surface area contributed by atoms with Crippen molar-refractivity contribution in [2.75, 3.05) is 25.5 Å². The van der Waals surface area contributed by atoms with Gasteiger partial charge in [0.1, 0.15) is 0 Å². The molecule has 1 aromatic carbocycles. The molecule has 128 valence electrons. The number of aromatic nitrogens is 3. The molecule has 1 atom stereocenters. The first-order chi connectivity index (χ1) is 12.2. The molecule has 0 spiro atoms. The van der Waals surface area contributed by atoms with Crippen molar-refractivity contribution in [1.82, 2.24) is 19.4 Å². The third-order valence-electron chi connectivity index (χ3n) is 4.69. The van der Waals surface area contributed by atoms with Crippen molar-refractivity contribution in [2.45, 2.75) is 18.9 Å². The van der Waals surface area contributed by atoms with Gasteiger partial charge < -0.3 is 10.2 Å². The van der Waals surface area contributed by atoms with E-state index in [4.69, 9.17) is 4.98 Å². The zero-order valence-corrected chi connectivity index (χ0v) is 14.2. The molecule has 1 saturated heterocycles. The molecule has 6 heteroatoms. The molecule has 1 N–H and O–H groups in total. The second-order valence-electron chi connectivity index (χ2n) is 6.55. The number of piperidine rings is 1. The fourth-order valence-electron chi connectivity index (χ4n) is 3.49. The number of rotatable bonds is 3. The molecule has 0 amide bonds. The van der Waals surface area contributed by atoms with Gasteiger partial charge in [0, 0.05) is 12.7 Å². The van der Waals surface area contributed by atoms with Gasteiger partial charge in [-0.15, -0.1) is 0 Å². The molecule has 3 aromatic rings. The van der Waals surface area contributed by atoms with Crippen LogP contribution >= 0.6 is 0 Å². The molecule has 6 nitrogen and oxygen atoms in total. The highest BCUT2D eigenvalue weighted by Crippen LogP contribution is 2.25. The standard InChI is InChI=1S/C19H21N5O/c1-23-11-5-7-15(13-23)24-18(25)16-8-2-3-9-17(16)22-19(24)21-14-6-4-10-20-12-14/h2-4,6,8-10,12,15H,5,7,11,13H2,1H3,(H,21,22)/t15-/m1/s1. The Balaban J connectivity index is 1.86. The molecule has 25 heavy (non-hydrogen) atoms. The minimum absolute atomic E-state index is 0.0114. The van der Waals surface area contributed by atoms with Gasteiger partial charge >= 0.3 is 0 Å².